The highest BCUT2D eigenvalue weighted by Crippen LogP contribution is 2.40. The standard InChI is InChI=1S/C19H26BFO4/c1-17(2)18(3,4)25-20(24-17)16(21)12-13-8-6-7-9-14(13)23-15-10-11-19(15,5)22/h6-9,12,15,22H,10-11H2,1-5H3. The molecule has 1 saturated carbocycles. The quantitative estimate of drug-likeness (QED) is 0.838. The van der Waals surface area contributed by atoms with Crippen LogP contribution in [0.5, 0.6) is 5.75 Å². The second kappa shape index (κ2) is 6.11. The van der Waals surface area contributed by atoms with Crippen molar-refractivity contribution in [3.8, 4) is 5.75 Å². The topological polar surface area (TPSA) is 47.9 Å². The lowest BCUT2D eigenvalue weighted by Gasteiger charge is -2.42. The number of rotatable bonds is 4. The van der Waals surface area contributed by atoms with E-state index in [-0.39, 0.29) is 6.10 Å². The largest absolute Gasteiger partial charge is 0.525 e. The van der Waals surface area contributed by atoms with Crippen LogP contribution in [0.1, 0.15) is 53.0 Å². The van der Waals surface area contributed by atoms with Gasteiger partial charge in [0.15, 0.2) is 0 Å². The first-order valence-corrected chi connectivity index (χ1v) is 8.73. The van der Waals surface area contributed by atoms with Gasteiger partial charge in [-0.15, -0.1) is 0 Å². The molecule has 3 rings (SSSR count). The molecule has 2 unspecified atom stereocenters. The first-order chi connectivity index (χ1) is 11.5. The predicted molar refractivity (Wildman–Crippen MR) is 95.9 cm³/mol. The molecule has 4 nitrogen and oxygen atoms in total. The van der Waals surface area contributed by atoms with Gasteiger partial charge in [0, 0.05) is 5.56 Å². The Morgan fingerprint density at radius 1 is 1.20 bits per heavy atom. The maximum atomic E-state index is 14.8. The molecule has 1 heterocycles. The van der Waals surface area contributed by atoms with E-state index in [9.17, 15) is 9.50 Å². The Bertz CT molecular complexity index is 668. The molecule has 6 heteroatoms. The first-order valence-electron chi connectivity index (χ1n) is 8.73. The molecule has 136 valence electrons. The van der Waals surface area contributed by atoms with Gasteiger partial charge in [-0.2, -0.15) is 0 Å². The van der Waals surface area contributed by atoms with E-state index in [1.54, 1.807) is 19.1 Å². The predicted octanol–water partition coefficient (Wildman–Crippen LogP) is 3.92. The maximum absolute atomic E-state index is 14.8. The highest BCUT2D eigenvalue weighted by atomic mass is 19.1. The number of aliphatic hydroxyl groups is 1. The Hall–Kier alpha value is -1.37. The van der Waals surface area contributed by atoms with Crippen LogP contribution in [0, 0.1) is 0 Å². The molecule has 1 aliphatic carbocycles. The minimum atomic E-state index is -1.04. The van der Waals surface area contributed by atoms with Gasteiger partial charge in [-0.1, -0.05) is 18.2 Å². The Morgan fingerprint density at radius 3 is 2.32 bits per heavy atom. The monoisotopic (exact) mass is 348 g/mol. The van der Waals surface area contributed by atoms with Crippen molar-refractivity contribution in [3.63, 3.8) is 0 Å². The molecule has 2 atom stereocenters. The number of para-hydroxylation sites is 1. The lowest BCUT2D eigenvalue weighted by Crippen LogP contribution is -2.52. The summed E-state index contributed by atoms with van der Waals surface area (Å²) in [5, 5.41) is 10.1. The molecule has 2 aliphatic rings. The van der Waals surface area contributed by atoms with Crippen LogP contribution in [0.15, 0.2) is 30.0 Å². The van der Waals surface area contributed by atoms with E-state index in [0.29, 0.717) is 17.7 Å². The van der Waals surface area contributed by atoms with E-state index in [1.807, 2.05) is 39.8 Å². The van der Waals surface area contributed by atoms with Gasteiger partial charge >= 0.3 is 7.12 Å². The average Bonchev–Trinajstić information content (AvgIpc) is 2.73. The fraction of sp³-hybridized carbons (Fsp3) is 0.579. The molecule has 0 aromatic heterocycles. The smallest absolute Gasteiger partial charge is 0.487 e. The van der Waals surface area contributed by atoms with Crippen LogP contribution in [0.3, 0.4) is 0 Å². The van der Waals surface area contributed by atoms with E-state index < -0.39 is 29.6 Å². The normalized spacial score (nSPS) is 30.9. The van der Waals surface area contributed by atoms with Crippen LogP contribution in [-0.2, 0) is 9.31 Å². The molecular weight excluding hydrogens is 322 g/mol. The second-order valence-electron chi connectivity index (χ2n) is 8.16. The summed E-state index contributed by atoms with van der Waals surface area (Å²) in [6.45, 7) is 9.29. The Labute approximate surface area is 149 Å². The van der Waals surface area contributed by atoms with E-state index in [2.05, 4.69) is 0 Å². The Morgan fingerprint density at radius 2 is 1.80 bits per heavy atom. The summed E-state index contributed by atoms with van der Waals surface area (Å²) in [4.78, 5) is 0. The van der Waals surface area contributed by atoms with Crippen molar-refractivity contribution in [1.82, 2.24) is 0 Å². The van der Waals surface area contributed by atoms with E-state index >= 15 is 0 Å². The minimum Gasteiger partial charge on any atom is -0.487 e. The van der Waals surface area contributed by atoms with Crippen molar-refractivity contribution in [2.24, 2.45) is 0 Å². The number of ether oxygens (including phenoxy) is 1. The summed E-state index contributed by atoms with van der Waals surface area (Å²) in [5.41, 5.74) is -1.93. The molecular formula is C19H26BFO4. The third-order valence-electron chi connectivity index (χ3n) is 5.57. The fourth-order valence-corrected chi connectivity index (χ4v) is 2.90. The Balaban J connectivity index is 1.80. The third-order valence-corrected chi connectivity index (χ3v) is 5.57. The van der Waals surface area contributed by atoms with Crippen molar-refractivity contribution in [2.75, 3.05) is 0 Å². The third kappa shape index (κ3) is 3.48. The molecule has 0 amide bonds. The van der Waals surface area contributed by atoms with Crippen molar-refractivity contribution in [3.05, 3.63) is 35.6 Å². The minimum absolute atomic E-state index is 0.276. The van der Waals surface area contributed by atoms with Gasteiger partial charge in [-0.05, 0) is 59.6 Å². The lowest BCUT2D eigenvalue weighted by atomic mass is 9.78. The Kier molecular flexibility index (Phi) is 4.50. The van der Waals surface area contributed by atoms with Gasteiger partial charge in [0.25, 0.3) is 0 Å². The van der Waals surface area contributed by atoms with Gasteiger partial charge in [0.2, 0.25) is 0 Å². The zero-order valence-electron chi connectivity index (χ0n) is 15.5. The number of benzene rings is 1. The van der Waals surface area contributed by atoms with Crippen LogP contribution >= 0.6 is 0 Å². The summed E-state index contributed by atoms with van der Waals surface area (Å²) >= 11 is 0. The van der Waals surface area contributed by atoms with Crippen LogP contribution in [0.2, 0.25) is 0 Å². The molecule has 1 saturated heterocycles. The molecule has 2 fully saturated rings. The maximum Gasteiger partial charge on any atom is 0.525 e. The zero-order valence-corrected chi connectivity index (χ0v) is 15.5. The van der Waals surface area contributed by atoms with Crippen molar-refractivity contribution < 1.29 is 23.5 Å². The summed E-state index contributed by atoms with van der Waals surface area (Å²) in [7, 11) is -1.04. The van der Waals surface area contributed by atoms with Crippen LogP contribution in [0.25, 0.3) is 6.08 Å². The second-order valence-corrected chi connectivity index (χ2v) is 8.16. The molecule has 0 spiro atoms. The SMILES string of the molecule is CC1(O)CCC1Oc1ccccc1C=C(F)B1OC(C)(C)C(C)(C)O1. The molecule has 1 aromatic carbocycles. The summed E-state index contributed by atoms with van der Waals surface area (Å²) in [6.07, 6.45) is 2.59. The van der Waals surface area contributed by atoms with Crippen LogP contribution in [-0.4, -0.2) is 35.1 Å². The van der Waals surface area contributed by atoms with Gasteiger partial charge in [-0.25, -0.2) is 4.39 Å². The van der Waals surface area contributed by atoms with E-state index in [0.717, 1.165) is 6.42 Å². The van der Waals surface area contributed by atoms with Crippen LogP contribution in [0.4, 0.5) is 4.39 Å². The summed E-state index contributed by atoms with van der Waals surface area (Å²) < 4.78 is 32.1. The van der Waals surface area contributed by atoms with Crippen molar-refractivity contribution in [1.29, 1.82) is 0 Å². The molecule has 1 aromatic rings. The average molecular weight is 348 g/mol. The fourth-order valence-electron chi connectivity index (χ4n) is 2.90. The highest BCUT2D eigenvalue weighted by molar-refractivity contribution is 6.54. The number of hydrogen-bond acceptors (Lipinski definition) is 4. The zero-order chi connectivity index (χ0) is 18.5. The van der Waals surface area contributed by atoms with Gasteiger partial charge < -0.3 is 19.2 Å². The molecule has 1 aliphatic heterocycles. The summed E-state index contributed by atoms with van der Waals surface area (Å²) in [6, 6.07) is 7.19. The van der Waals surface area contributed by atoms with Gasteiger partial charge in [-0.3, -0.25) is 0 Å². The van der Waals surface area contributed by atoms with Crippen molar-refractivity contribution >= 4 is 13.2 Å². The number of hydrogen-bond donors (Lipinski definition) is 1. The molecule has 25 heavy (non-hydrogen) atoms. The number of halogens is 1. The molecule has 1 N–H and O–H groups in total. The van der Waals surface area contributed by atoms with Gasteiger partial charge in [0.1, 0.15) is 17.6 Å². The highest BCUT2D eigenvalue weighted by Gasteiger charge is 2.53. The lowest BCUT2D eigenvalue weighted by molar-refractivity contribution is -0.118. The first kappa shape index (κ1) is 18.4. The molecule has 0 radical (unpaired) electrons. The van der Waals surface area contributed by atoms with E-state index in [4.69, 9.17) is 14.0 Å². The van der Waals surface area contributed by atoms with Crippen molar-refractivity contribution in [2.45, 2.75) is 70.4 Å². The van der Waals surface area contributed by atoms with Crippen LogP contribution < -0.4 is 4.74 Å². The van der Waals surface area contributed by atoms with E-state index in [1.165, 1.54) is 6.08 Å². The van der Waals surface area contributed by atoms with Gasteiger partial charge in [0.05, 0.1) is 16.8 Å². The molecule has 0 bridgehead atoms. The summed E-state index contributed by atoms with van der Waals surface area (Å²) in [5.74, 6) is 0.541.